The van der Waals surface area contributed by atoms with Crippen LogP contribution in [0.4, 0.5) is 5.69 Å². The Hall–Kier alpha value is -2.24. The van der Waals surface area contributed by atoms with E-state index in [1.165, 1.54) is 0 Å². The van der Waals surface area contributed by atoms with Crippen LogP contribution in [0.2, 0.25) is 0 Å². The summed E-state index contributed by atoms with van der Waals surface area (Å²) in [5.74, 6) is 0.138. The lowest BCUT2D eigenvalue weighted by Gasteiger charge is -2.37. The summed E-state index contributed by atoms with van der Waals surface area (Å²) in [6.07, 6.45) is 3.67. The Kier molecular flexibility index (Phi) is 5.56. The SMILES string of the molecule is CCN(C(=O)CN1CCNCC1c1cccnc1)c1ccccc1. The highest BCUT2D eigenvalue weighted by Crippen LogP contribution is 2.22. The van der Waals surface area contributed by atoms with Crippen molar-refractivity contribution in [2.45, 2.75) is 13.0 Å². The Morgan fingerprint density at radius 1 is 1.29 bits per heavy atom. The van der Waals surface area contributed by atoms with Crippen molar-refractivity contribution in [2.24, 2.45) is 0 Å². The van der Waals surface area contributed by atoms with Crippen LogP contribution in [0.25, 0.3) is 0 Å². The molecule has 5 heteroatoms. The quantitative estimate of drug-likeness (QED) is 0.915. The molecule has 1 aromatic heterocycles. The number of nitrogens with one attached hydrogen (secondary N) is 1. The Morgan fingerprint density at radius 3 is 2.83 bits per heavy atom. The van der Waals surface area contributed by atoms with Gasteiger partial charge in [-0.3, -0.25) is 14.7 Å². The summed E-state index contributed by atoms with van der Waals surface area (Å²) in [4.78, 5) is 21.2. The topological polar surface area (TPSA) is 48.5 Å². The third-order valence-corrected chi connectivity index (χ3v) is 4.45. The van der Waals surface area contributed by atoms with Crippen molar-refractivity contribution in [2.75, 3.05) is 37.6 Å². The number of pyridine rings is 1. The molecule has 0 spiro atoms. The number of aromatic nitrogens is 1. The van der Waals surface area contributed by atoms with Crippen molar-refractivity contribution >= 4 is 11.6 Å². The monoisotopic (exact) mass is 324 g/mol. The van der Waals surface area contributed by atoms with Gasteiger partial charge < -0.3 is 10.2 Å². The zero-order valence-corrected chi connectivity index (χ0v) is 14.1. The van der Waals surface area contributed by atoms with E-state index in [4.69, 9.17) is 0 Å². The summed E-state index contributed by atoms with van der Waals surface area (Å²) >= 11 is 0. The minimum Gasteiger partial charge on any atom is -0.314 e. The number of rotatable bonds is 5. The second-order valence-electron chi connectivity index (χ2n) is 5.95. The van der Waals surface area contributed by atoms with Gasteiger partial charge in [-0.15, -0.1) is 0 Å². The molecule has 0 bridgehead atoms. The number of nitrogens with zero attached hydrogens (tertiary/aromatic N) is 3. The van der Waals surface area contributed by atoms with Crippen LogP contribution in [0.3, 0.4) is 0 Å². The highest BCUT2D eigenvalue weighted by atomic mass is 16.2. The maximum atomic E-state index is 12.9. The first-order valence-corrected chi connectivity index (χ1v) is 8.49. The first kappa shape index (κ1) is 16.6. The third kappa shape index (κ3) is 3.80. The molecule has 1 N–H and O–H groups in total. The molecular formula is C19H24N4O. The molecular weight excluding hydrogens is 300 g/mol. The lowest BCUT2D eigenvalue weighted by molar-refractivity contribution is -0.120. The number of hydrogen-bond donors (Lipinski definition) is 1. The van der Waals surface area contributed by atoms with Crippen LogP contribution in [-0.4, -0.2) is 48.5 Å². The molecule has 1 unspecified atom stereocenters. The lowest BCUT2D eigenvalue weighted by atomic mass is 10.1. The van der Waals surface area contributed by atoms with Crippen molar-refractivity contribution in [1.82, 2.24) is 15.2 Å². The predicted octanol–water partition coefficient (Wildman–Crippen LogP) is 2.08. The molecule has 5 nitrogen and oxygen atoms in total. The first-order chi connectivity index (χ1) is 11.8. The molecule has 1 aliphatic heterocycles. The van der Waals surface area contributed by atoms with E-state index in [1.54, 1.807) is 6.20 Å². The van der Waals surface area contributed by atoms with Crippen LogP contribution in [0.15, 0.2) is 54.9 Å². The average Bonchev–Trinajstić information content (AvgIpc) is 2.64. The van der Waals surface area contributed by atoms with Gasteiger partial charge in [-0.25, -0.2) is 0 Å². The second kappa shape index (κ2) is 8.04. The smallest absolute Gasteiger partial charge is 0.241 e. The molecule has 2 heterocycles. The van der Waals surface area contributed by atoms with Crippen LogP contribution in [-0.2, 0) is 4.79 Å². The van der Waals surface area contributed by atoms with Gasteiger partial charge in [-0.05, 0) is 30.7 Å². The maximum absolute atomic E-state index is 12.9. The van der Waals surface area contributed by atoms with Crippen molar-refractivity contribution < 1.29 is 4.79 Å². The number of benzene rings is 1. The Labute approximate surface area is 143 Å². The van der Waals surface area contributed by atoms with Crippen LogP contribution < -0.4 is 10.2 Å². The predicted molar refractivity (Wildman–Crippen MR) is 95.9 cm³/mol. The normalized spacial score (nSPS) is 18.3. The molecule has 0 saturated carbocycles. The van der Waals surface area contributed by atoms with E-state index in [2.05, 4.69) is 21.3 Å². The van der Waals surface area contributed by atoms with E-state index in [0.29, 0.717) is 13.1 Å². The zero-order chi connectivity index (χ0) is 16.8. The van der Waals surface area contributed by atoms with Gasteiger partial charge in [-0.2, -0.15) is 0 Å². The van der Waals surface area contributed by atoms with Gasteiger partial charge >= 0.3 is 0 Å². The largest absolute Gasteiger partial charge is 0.314 e. The van der Waals surface area contributed by atoms with Crippen LogP contribution >= 0.6 is 0 Å². The molecule has 126 valence electrons. The first-order valence-electron chi connectivity index (χ1n) is 8.49. The molecule has 2 aromatic rings. The summed E-state index contributed by atoms with van der Waals surface area (Å²) in [6, 6.07) is 14.1. The van der Waals surface area contributed by atoms with E-state index in [-0.39, 0.29) is 11.9 Å². The molecule has 1 saturated heterocycles. The van der Waals surface area contributed by atoms with E-state index in [9.17, 15) is 4.79 Å². The summed E-state index contributed by atoms with van der Waals surface area (Å²) in [6.45, 7) is 5.72. The number of para-hydroxylation sites is 1. The highest BCUT2D eigenvalue weighted by Gasteiger charge is 2.27. The molecule has 24 heavy (non-hydrogen) atoms. The molecule has 1 fully saturated rings. The van der Waals surface area contributed by atoms with Gasteiger partial charge in [0.05, 0.1) is 6.54 Å². The minimum atomic E-state index is 0.138. The molecule has 1 aromatic carbocycles. The summed E-state index contributed by atoms with van der Waals surface area (Å²) in [5.41, 5.74) is 2.11. The summed E-state index contributed by atoms with van der Waals surface area (Å²) < 4.78 is 0. The van der Waals surface area contributed by atoms with E-state index in [0.717, 1.165) is 30.9 Å². The van der Waals surface area contributed by atoms with E-state index < -0.39 is 0 Å². The fraction of sp³-hybridized carbons (Fsp3) is 0.368. The number of likely N-dealkylation sites (N-methyl/N-ethyl adjacent to an activating group) is 1. The Morgan fingerprint density at radius 2 is 2.12 bits per heavy atom. The van der Waals surface area contributed by atoms with E-state index in [1.807, 2.05) is 54.4 Å². The van der Waals surface area contributed by atoms with E-state index >= 15 is 0 Å². The van der Waals surface area contributed by atoms with Gasteiger partial charge in [0, 0.05) is 50.3 Å². The van der Waals surface area contributed by atoms with Crippen LogP contribution in [0.1, 0.15) is 18.5 Å². The number of amides is 1. The number of carbonyl (C=O) groups excluding carboxylic acids is 1. The molecule has 1 atom stereocenters. The van der Waals surface area contributed by atoms with Crippen molar-refractivity contribution in [3.05, 3.63) is 60.4 Å². The molecule has 0 aliphatic carbocycles. The molecule has 1 amide bonds. The van der Waals surface area contributed by atoms with Gasteiger partial charge in [-0.1, -0.05) is 24.3 Å². The fourth-order valence-corrected chi connectivity index (χ4v) is 3.21. The fourth-order valence-electron chi connectivity index (χ4n) is 3.21. The second-order valence-corrected chi connectivity index (χ2v) is 5.95. The van der Waals surface area contributed by atoms with Gasteiger partial charge in [0.25, 0.3) is 0 Å². The lowest BCUT2D eigenvalue weighted by Crippen LogP contribution is -2.50. The minimum absolute atomic E-state index is 0.138. The van der Waals surface area contributed by atoms with Gasteiger partial charge in [0.2, 0.25) is 5.91 Å². The number of piperazine rings is 1. The van der Waals surface area contributed by atoms with Crippen LogP contribution in [0, 0.1) is 0 Å². The molecule has 3 rings (SSSR count). The van der Waals surface area contributed by atoms with Gasteiger partial charge in [0.15, 0.2) is 0 Å². The number of carbonyl (C=O) groups is 1. The summed E-state index contributed by atoms with van der Waals surface area (Å²) in [5, 5.41) is 3.42. The van der Waals surface area contributed by atoms with Crippen molar-refractivity contribution in [3.63, 3.8) is 0 Å². The molecule has 0 radical (unpaired) electrons. The molecule has 1 aliphatic rings. The number of hydrogen-bond acceptors (Lipinski definition) is 4. The maximum Gasteiger partial charge on any atom is 0.241 e. The third-order valence-electron chi connectivity index (χ3n) is 4.45. The zero-order valence-electron chi connectivity index (χ0n) is 14.1. The summed E-state index contributed by atoms with van der Waals surface area (Å²) in [7, 11) is 0. The number of anilines is 1. The van der Waals surface area contributed by atoms with Crippen molar-refractivity contribution in [3.8, 4) is 0 Å². The standard InChI is InChI=1S/C19H24N4O/c1-2-23(17-8-4-3-5-9-17)19(24)15-22-12-11-21-14-18(22)16-7-6-10-20-13-16/h3-10,13,18,21H,2,11-12,14-15H2,1H3. The Bertz CT molecular complexity index is 647. The van der Waals surface area contributed by atoms with Gasteiger partial charge in [0.1, 0.15) is 0 Å². The van der Waals surface area contributed by atoms with Crippen LogP contribution in [0.5, 0.6) is 0 Å². The highest BCUT2D eigenvalue weighted by molar-refractivity contribution is 5.94. The average molecular weight is 324 g/mol. The van der Waals surface area contributed by atoms with Crippen molar-refractivity contribution in [1.29, 1.82) is 0 Å². The Balaban J connectivity index is 1.74.